The third-order valence-electron chi connectivity index (χ3n) is 3.34. The number of nitrogens with zero attached hydrogens (tertiary/aromatic N) is 2. The van der Waals surface area contributed by atoms with Crippen molar-refractivity contribution >= 4 is 6.09 Å². The van der Waals surface area contributed by atoms with Crippen molar-refractivity contribution in [2.75, 3.05) is 33.3 Å². The first-order chi connectivity index (χ1) is 9.19. The van der Waals surface area contributed by atoms with E-state index in [4.69, 9.17) is 9.47 Å². The van der Waals surface area contributed by atoms with Crippen LogP contribution in [0.3, 0.4) is 0 Å². The van der Waals surface area contributed by atoms with Crippen molar-refractivity contribution in [3.63, 3.8) is 0 Å². The van der Waals surface area contributed by atoms with E-state index in [1.54, 1.807) is 4.90 Å². The average molecular weight is 286 g/mol. The number of hydrogen-bond donors (Lipinski definition) is 0. The number of carbonyl (C=O) groups excluding carboxylic acids is 1. The van der Waals surface area contributed by atoms with Gasteiger partial charge < -0.3 is 14.4 Å². The van der Waals surface area contributed by atoms with Crippen LogP contribution in [0, 0.1) is 0 Å². The number of rotatable bonds is 5. The predicted octanol–water partition coefficient (Wildman–Crippen LogP) is 2.35. The van der Waals surface area contributed by atoms with Crippen molar-refractivity contribution in [3.8, 4) is 0 Å². The number of hydrogen-bond acceptors (Lipinski definition) is 4. The van der Waals surface area contributed by atoms with Crippen molar-refractivity contribution in [2.45, 2.75) is 58.8 Å². The van der Waals surface area contributed by atoms with Crippen LogP contribution in [0.2, 0.25) is 0 Å². The molecule has 1 aliphatic heterocycles. The maximum atomic E-state index is 12.0. The lowest BCUT2D eigenvalue weighted by Gasteiger charge is -2.28. The summed E-state index contributed by atoms with van der Waals surface area (Å²) < 4.78 is 11.0. The molecule has 20 heavy (non-hydrogen) atoms. The molecule has 0 saturated carbocycles. The summed E-state index contributed by atoms with van der Waals surface area (Å²) in [5.41, 5.74) is -0.436. The van der Waals surface area contributed by atoms with Crippen LogP contribution >= 0.6 is 0 Å². The summed E-state index contributed by atoms with van der Waals surface area (Å²) in [6, 6.07) is 0.240. The van der Waals surface area contributed by atoms with Gasteiger partial charge in [0.25, 0.3) is 0 Å². The average Bonchev–Trinajstić information content (AvgIpc) is 2.73. The highest BCUT2D eigenvalue weighted by Gasteiger charge is 2.30. The molecule has 118 valence electrons. The number of likely N-dealkylation sites (tertiary alicyclic amines) is 1. The first-order valence-corrected chi connectivity index (χ1v) is 7.49. The minimum atomic E-state index is -0.436. The SMILES string of the molecule is CC(C)OCCN1CCC(N(C)C(=O)OC(C)(C)C)C1. The van der Waals surface area contributed by atoms with E-state index in [2.05, 4.69) is 4.90 Å². The Morgan fingerprint density at radius 1 is 1.40 bits per heavy atom. The Morgan fingerprint density at radius 2 is 2.05 bits per heavy atom. The monoisotopic (exact) mass is 286 g/mol. The second-order valence-electron chi connectivity index (χ2n) is 6.75. The molecule has 1 amide bonds. The van der Waals surface area contributed by atoms with Gasteiger partial charge in [0.1, 0.15) is 5.60 Å². The van der Waals surface area contributed by atoms with Gasteiger partial charge in [-0.3, -0.25) is 4.90 Å². The Hall–Kier alpha value is -0.810. The van der Waals surface area contributed by atoms with E-state index in [-0.39, 0.29) is 18.2 Å². The van der Waals surface area contributed by atoms with Crippen molar-refractivity contribution in [2.24, 2.45) is 0 Å². The Bertz CT molecular complexity index is 313. The van der Waals surface area contributed by atoms with Gasteiger partial charge in [0.05, 0.1) is 12.7 Å². The molecule has 0 bridgehead atoms. The molecule has 0 aromatic carbocycles. The lowest BCUT2D eigenvalue weighted by molar-refractivity contribution is 0.0223. The fraction of sp³-hybridized carbons (Fsp3) is 0.933. The second-order valence-corrected chi connectivity index (χ2v) is 6.75. The van der Waals surface area contributed by atoms with Crippen molar-refractivity contribution in [3.05, 3.63) is 0 Å². The van der Waals surface area contributed by atoms with E-state index in [0.717, 1.165) is 32.7 Å². The van der Waals surface area contributed by atoms with Crippen LogP contribution in [0.15, 0.2) is 0 Å². The maximum Gasteiger partial charge on any atom is 0.410 e. The molecule has 0 N–H and O–H groups in total. The quantitative estimate of drug-likeness (QED) is 0.778. The first-order valence-electron chi connectivity index (χ1n) is 7.49. The summed E-state index contributed by atoms with van der Waals surface area (Å²) in [7, 11) is 1.83. The van der Waals surface area contributed by atoms with Crippen molar-refractivity contribution < 1.29 is 14.3 Å². The van der Waals surface area contributed by atoms with Gasteiger partial charge in [0.15, 0.2) is 0 Å². The Balaban J connectivity index is 2.33. The summed E-state index contributed by atoms with van der Waals surface area (Å²) in [6.45, 7) is 13.4. The smallest absolute Gasteiger partial charge is 0.410 e. The fourth-order valence-electron chi connectivity index (χ4n) is 2.23. The van der Waals surface area contributed by atoms with Crippen molar-refractivity contribution in [1.82, 2.24) is 9.80 Å². The Morgan fingerprint density at radius 3 is 2.60 bits per heavy atom. The van der Waals surface area contributed by atoms with Gasteiger partial charge in [0.2, 0.25) is 0 Å². The summed E-state index contributed by atoms with van der Waals surface area (Å²) in [6.07, 6.45) is 1.04. The van der Waals surface area contributed by atoms with E-state index < -0.39 is 5.60 Å². The number of amides is 1. The van der Waals surface area contributed by atoms with E-state index in [9.17, 15) is 4.79 Å². The molecular weight excluding hydrogens is 256 g/mol. The molecule has 1 rings (SSSR count). The summed E-state index contributed by atoms with van der Waals surface area (Å²) in [5.74, 6) is 0. The van der Waals surface area contributed by atoms with Gasteiger partial charge in [-0.1, -0.05) is 0 Å². The fourth-order valence-corrected chi connectivity index (χ4v) is 2.23. The van der Waals surface area contributed by atoms with Gasteiger partial charge in [-0.15, -0.1) is 0 Å². The molecule has 1 saturated heterocycles. The molecule has 5 nitrogen and oxygen atoms in total. The van der Waals surface area contributed by atoms with E-state index in [1.807, 2.05) is 41.7 Å². The molecule has 0 aliphatic carbocycles. The minimum absolute atomic E-state index is 0.234. The molecule has 1 heterocycles. The van der Waals surface area contributed by atoms with E-state index >= 15 is 0 Å². The minimum Gasteiger partial charge on any atom is -0.444 e. The standard InChI is InChI=1S/C15H30N2O3/c1-12(2)19-10-9-17-8-7-13(11-17)16(6)14(18)20-15(3,4)5/h12-13H,7-11H2,1-6H3. The zero-order valence-corrected chi connectivity index (χ0v) is 13.8. The highest BCUT2D eigenvalue weighted by atomic mass is 16.6. The maximum absolute atomic E-state index is 12.0. The molecule has 0 radical (unpaired) electrons. The summed E-state index contributed by atoms with van der Waals surface area (Å²) in [5, 5.41) is 0. The molecule has 0 aromatic heterocycles. The van der Waals surface area contributed by atoms with Gasteiger partial charge >= 0.3 is 6.09 Å². The molecule has 1 aliphatic rings. The number of likely N-dealkylation sites (N-methyl/N-ethyl adjacent to an activating group) is 1. The van der Waals surface area contributed by atoms with Crippen LogP contribution in [0.4, 0.5) is 4.79 Å². The zero-order chi connectivity index (χ0) is 15.3. The van der Waals surface area contributed by atoms with Crippen LogP contribution in [0.1, 0.15) is 41.0 Å². The molecule has 0 spiro atoms. The van der Waals surface area contributed by atoms with Crippen LogP contribution in [0.25, 0.3) is 0 Å². The van der Waals surface area contributed by atoms with Crippen LogP contribution in [-0.2, 0) is 9.47 Å². The molecular formula is C15H30N2O3. The molecule has 1 atom stereocenters. The second kappa shape index (κ2) is 7.27. The lowest BCUT2D eigenvalue weighted by Crippen LogP contribution is -2.42. The highest BCUT2D eigenvalue weighted by molar-refractivity contribution is 5.68. The third-order valence-corrected chi connectivity index (χ3v) is 3.34. The van der Waals surface area contributed by atoms with E-state index in [0.29, 0.717) is 0 Å². The van der Waals surface area contributed by atoms with Crippen LogP contribution < -0.4 is 0 Å². The largest absolute Gasteiger partial charge is 0.444 e. The van der Waals surface area contributed by atoms with E-state index in [1.165, 1.54) is 0 Å². The predicted molar refractivity (Wildman–Crippen MR) is 79.9 cm³/mol. The van der Waals surface area contributed by atoms with Gasteiger partial charge in [0, 0.05) is 32.7 Å². The van der Waals surface area contributed by atoms with Gasteiger partial charge in [-0.25, -0.2) is 4.79 Å². The molecule has 1 fully saturated rings. The zero-order valence-electron chi connectivity index (χ0n) is 13.8. The first kappa shape index (κ1) is 17.2. The van der Waals surface area contributed by atoms with Gasteiger partial charge in [-0.2, -0.15) is 0 Å². The topological polar surface area (TPSA) is 42.0 Å². The summed E-state index contributed by atoms with van der Waals surface area (Å²) >= 11 is 0. The Labute approximate surface area is 123 Å². The number of carbonyl (C=O) groups is 1. The summed E-state index contributed by atoms with van der Waals surface area (Å²) in [4.78, 5) is 16.1. The Kier molecular flexibility index (Phi) is 6.27. The van der Waals surface area contributed by atoms with Crippen LogP contribution in [-0.4, -0.2) is 66.9 Å². The molecule has 5 heteroatoms. The highest BCUT2D eigenvalue weighted by Crippen LogP contribution is 2.17. The third kappa shape index (κ3) is 6.09. The normalized spacial score (nSPS) is 20.4. The van der Waals surface area contributed by atoms with Crippen molar-refractivity contribution in [1.29, 1.82) is 0 Å². The lowest BCUT2D eigenvalue weighted by atomic mass is 10.2. The van der Waals surface area contributed by atoms with Gasteiger partial charge in [-0.05, 0) is 41.0 Å². The number of ether oxygens (including phenoxy) is 2. The van der Waals surface area contributed by atoms with Crippen LogP contribution in [0.5, 0.6) is 0 Å². The molecule has 1 unspecified atom stereocenters. The molecule has 0 aromatic rings.